The van der Waals surface area contributed by atoms with Crippen molar-refractivity contribution in [3.05, 3.63) is 28.6 Å². The zero-order valence-corrected chi connectivity index (χ0v) is 11.7. The van der Waals surface area contributed by atoms with E-state index in [2.05, 4.69) is 20.2 Å². The van der Waals surface area contributed by atoms with E-state index < -0.39 is 0 Å². The first-order chi connectivity index (χ1) is 9.28. The molecule has 0 fully saturated rings. The number of nitrogens with zero attached hydrogens (tertiary/aromatic N) is 2. The van der Waals surface area contributed by atoms with Crippen LogP contribution in [0.1, 0.15) is 5.56 Å². The Bertz CT molecular complexity index is 487. The van der Waals surface area contributed by atoms with Crippen molar-refractivity contribution in [2.24, 2.45) is 5.92 Å². The SMILES string of the molecule is O=C(NC[C@@H](CO)Cc1ccsc1)Nc1cnns1. The predicted molar refractivity (Wildman–Crippen MR) is 75.5 cm³/mol. The summed E-state index contributed by atoms with van der Waals surface area (Å²) in [6, 6.07) is 1.71. The summed E-state index contributed by atoms with van der Waals surface area (Å²) in [5.41, 5.74) is 1.18. The van der Waals surface area contributed by atoms with Crippen molar-refractivity contribution in [3.8, 4) is 0 Å². The van der Waals surface area contributed by atoms with E-state index in [-0.39, 0.29) is 18.6 Å². The van der Waals surface area contributed by atoms with Gasteiger partial charge < -0.3 is 10.4 Å². The number of urea groups is 1. The lowest BCUT2D eigenvalue weighted by Gasteiger charge is -2.14. The average molecular weight is 298 g/mol. The predicted octanol–water partition coefficient (Wildman–Crippen LogP) is 1.57. The van der Waals surface area contributed by atoms with Gasteiger partial charge in [0.25, 0.3) is 0 Å². The summed E-state index contributed by atoms with van der Waals surface area (Å²) < 4.78 is 3.65. The minimum absolute atomic E-state index is 0.0138. The van der Waals surface area contributed by atoms with Crippen LogP contribution in [0.4, 0.5) is 9.80 Å². The van der Waals surface area contributed by atoms with Gasteiger partial charge >= 0.3 is 6.03 Å². The zero-order valence-electron chi connectivity index (χ0n) is 10.1. The molecule has 0 saturated heterocycles. The number of aliphatic hydroxyl groups excluding tert-OH is 1. The molecular formula is C11H14N4O2S2. The maximum absolute atomic E-state index is 11.6. The molecule has 2 aromatic heterocycles. The highest BCUT2D eigenvalue weighted by molar-refractivity contribution is 7.10. The van der Waals surface area contributed by atoms with Crippen LogP contribution in [0.25, 0.3) is 0 Å². The van der Waals surface area contributed by atoms with Gasteiger partial charge in [-0.1, -0.05) is 4.49 Å². The van der Waals surface area contributed by atoms with Crippen molar-refractivity contribution >= 4 is 33.9 Å². The van der Waals surface area contributed by atoms with Crippen LogP contribution >= 0.6 is 22.9 Å². The summed E-state index contributed by atoms with van der Waals surface area (Å²) in [4.78, 5) is 11.6. The van der Waals surface area contributed by atoms with Crippen LogP contribution in [0.2, 0.25) is 0 Å². The molecule has 2 rings (SSSR count). The van der Waals surface area contributed by atoms with Crippen molar-refractivity contribution < 1.29 is 9.90 Å². The van der Waals surface area contributed by atoms with E-state index in [9.17, 15) is 9.90 Å². The lowest BCUT2D eigenvalue weighted by molar-refractivity contribution is 0.218. The van der Waals surface area contributed by atoms with Crippen LogP contribution in [0.3, 0.4) is 0 Å². The minimum atomic E-state index is -0.310. The molecule has 19 heavy (non-hydrogen) atoms. The van der Waals surface area contributed by atoms with Crippen LogP contribution in [0.15, 0.2) is 23.0 Å². The normalized spacial score (nSPS) is 12.1. The Kier molecular flexibility index (Phi) is 5.25. The highest BCUT2D eigenvalue weighted by Crippen LogP contribution is 2.12. The first-order valence-corrected chi connectivity index (χ1v) is 7.43. The quantitative estimate of drug-likeness (QED) is 0.755. The van der Waals surface area contributed by atoms with Gasteiger partial charge in [-0.25, -0.2) is 4.79 Å². The number of hydrogen-bond donors (Lipinski definition) is 3. The summed E-state index contributed by atoms with van der Waals surface area (Å²) >= 11 is 2.74. The molecule has 0 saturated carbocycles. The first-order valence-electron chi connectivity index (χ1n) is 5.72. The Hall–Kier alpha value is -1.51. The fourth-order valence-electron chi connectivity index (χ4n) is 1.56. The van der Waals surface area contributed by atoms with Crippen LogP contribution in [0.5, 0.6) is 0 Å². The smallest absolute Gasteiger partial charge is 0.319 e. The number of rotatable bonds is 6. The van der Waals surface area contributed by atoms with E-state index >= 15 is 0 Å². The van der Waals surface area contributed by atoms with Crippen molar-refractivity contribution in [2.75, 3.05) is 18.5 Å². The molecule has 0 unspecified atom stereocenters. The highest BCUT2D eigenvalue weighted by atomic mass is 32.1. The third kappa shape index (κ3) is 4.58. The molecule has 0 aliphatic rings. The maximum atomic E-state index is 11.6. The number of hydrogen-bond acceptors (Lipinski definition) is 6. The Morgan fingerprint density at radius 2 is 2.42 bits per heavy atom. The molecule has 0 aliphatic carbocycles. The summed E-state index contributed by atoms with van der Waals surface area (Å²) in [5, 5.41) is 22.9. The van der Waals surface area contributed by atoms with Gasteiger partial charge in [-0.2, -0.15) is 11.3 Å². The van der Waals surface area contributed by atoms with Gasteiger partial charge in [0.1, 0.15) is 5.00 Å². The van der Waals surface area contributed by atoms with E-state index in [1.807, 2.05) is 16.8 Å². The van der Waals surface area contributed by atoms with Gasteiger partial charge in [0.2, 0.25) is 0 Å². The van der Waals surface area contributed by atoms with Gasteiger partial charge in [-0.05, 0) is 28.8 Å². The van der Waals surface area contributed by atoms with Crippen molar-refractivity contribution in [2.45, 2.75) is 6.42 Å². The summed E-state index contributed by atoms with van der Waals surface area (Å²) in [7, 11) is 0. The second-order valence-electron chi connectivity index (χ2n) is 4.00. The molecule has 6 nitrogen and oxygen atoms in total. The molecule has 2 heterocycles. The van der Waals surface area contributed by atoms with Crippen LogP contribution in [-0.2, 0) is 6.42 Å². The molecule has 2 aromatic rings. The molecule has 0 aliphatic heterocycles. The number of carbonyl (C=O) groups is 1. The van der Waals surface area contributed by atoms with E-state index in [1.54, 1.807) is 11.3 Å². The number of amides is 2. The second-order valence-corrected chi connectivity index (χ2v) is 5.57. The van der Waals surface area contributed by atoms with Crippen LogP contribution < -0.4 is 10.6 Å². The Balaban J connectivity index is 1.74. The van der Waals surface area contributed by atoms with Gasteiger partial charge in [0, 0.05) is 30.6 Å². The fourth-order valence-corrected chi connectivity index (χ4v) is 2.66. The first kappa shape index (κ1) is 13.9. The van der Waals surface area contributed by atoms with Gasteiger partial charge in [-0.3, -0.25) is 5.32 Å². The number of nitrogens with one attached hydrogen (secondary N) is 2. The molecular weight excluding hydrogens is 284 g/mol. The van der Waals surface area contributed by atoms with E-state index in [0.717, 1.165) is 18.0 Å². The largest absolute Gasteiger partial charge is 0.396 e. The number of thiophene rings is 1. The molecule has 2 amide bonds. The highest BCUT2D eigenvalue weighted by Gasteiger charge is 2.11. The molecule has 3 N–H and O–H groups in total. The summed E-state index contributed by atoms with van der Waals surface area (Å²) in [5.74, 6) is 0.0138. The average Bonchev–Trinajstić information content (AvgIpc) is 3.07. The van der Waals surface area contributed by atoms with Gasteiger partial charge in [0.05, 0.1) is 6.20 Å². The van der Waals surface area contributed by atoms with Crippen molar-refractivity contribution in [3.63, 3.8) is 0 Å². The van der Waals surface area contributed by atoms with Crippen LogP contribution in [0, 0.1) is 5.92 Å². The molecule has 102 valence electrons. The van der Waals surface area contributed by atoms with E-state index in [0.29, 0.717) is 11.5 Å². The Morgan fingerprint density at radius 1 is 1.53 bits per heavy atom. The molecule has 0 bridgehead atoms. The van der Waals surface area contributed by atoms with E-state index in [4.69, 9.17) is 0 Å². The Labute approximate surface area is 118 Å². The lowest BCUT2D eigenvalue weighted by atomic mass is 10.0. The third-order valence-corrected chi connectivity index (χ3v) is 3.82. The molecule has 8 heteroatoms. The number of anilines is 1. The van der Waals surface area contributed by atoms with Crippen LogP contribution in [-0.4, -0.2) is 33.9 Å². The number of aromatic nitrogens is 2. The second kappa shape index (κ2) is 7.17. The molecule has 0 spiro atoms. The Morgan fingerprint density at radius 3 is 3.05 bits per heavy atom. The lowest BCUT2D eigenvalue weighted by Crippen LogP contribution is -2.34. The molecule has 1 atom stereocenters. The maximum Gasteiger partial charge on any atom is 0.319 e. The van der Waals surface area contributed by atoms with Crippen molar-refractivity contribution in [1.82, 2.24) is 14.9 Å². The summed E-state index contributed by atoms with van der Waals surface area (Å²) in [6.45, 7) is 0.461. The monoisotopic (exact) mass is 298 g/mol. The van der Waals surface area contributed by atoms with Gasteiger partial charge in [0.15, 0.2) is 0 Å². The number of carbonyl (C=O) groups excluding carboxylic acids is 1. The fraction of sp³-hybridized carbons (Fsp3) is 0.364. The topological polar surface area (TPSA) is 87.1 Å². The van der Waals surface area contributed by atoms with Gasteiger partial charge in [-0.15, -0.1) is 5.10 Å². The number of aliphatic hydroxyl groups is 1. The minimum Gasteiger partial charge on any atom is -0.396 e. The molecule has 0 radical (unpaired) electrons. The van der Waals surface area contributed by atoms with E-state index in [1.165, 1.54) is 11.8 Å². The molecule has 0 aromatic carbocycles. The third-order valence-electron chi connectivity index (χ3n) is 2.51. The van der Waals surface area contributed by atoms with Crippen molar-refractivity contribution in [1.29, 1.82) is 0 Å². The standard InChI is InChI=1S/C11H14N4O2S2/c16-6-9(3-8-1-2-18-7-8)4-12-11(17)14-10-5-13-15-19-10/h1-2,5,7,9,16H,3-4,6H2,(H2,12,14,17)/t9-/m0/s1. The summed E-state index contributed by atoms with van der Waals surface area (Å²) in [6.07, 6.45) is 2.24. The zero-order chi connectivity index (χ0) is 13.5.